The van der Waals surface area contributed by atoms with Gasteiger partial charge in [0.25, 0.3) is 0 Å². The Bertz CT molecular complexity index is 236. The van der Waals surface area contributed by atoms with Crippen molar-refractivity contribution in [2.75, 3.05) is 0 Å². The number of hydrogen-bond donors (Lipinski definition) is 0. The normalized spacial score (nSPS) is 10.4. The summed E-state index contributed by atoms with van der Waals surface area (Å²) in [7, 11) is 0. The average Bonchev–Trinajstić information content (AvgIpc) is 2.33. The molecular weight excluding hydrogens is 232 g/mol. The lowest BCUT2D eigenvalue weighted by atomic mass is 10.0. The predicted molar refractivity (Wildman–Crippen MR) is 69.6 cm³/mol. The Balaban J connectivity index is 3.40. The highest BCUT2D eigenvalue weighted by molar-refractivity contribution is 5.72. The predicted octanol–water partition coefficient (Wildman–Crippen LogP) is 3.78. The van der Waals surface area contributed by atoms with Gasteiger partial charge in [-0.1, -0.05) is 46.5 Å². The zero-order valence-corrected chi connectivity index (χ0v) is 11.9. The second kappa shape index (κ2) is 11.1. The standard InChI is InChI=1S/C14H26O4/c1-4-5-10-13(15)17-18-14(16)11-8-6-7-9-12(2)3/h12H,4-11H2,1-3H3. The SMILES string of the molecule is CCCCC(=O)OOC(=O)CCCCCC(C)C. The topological polar surface area (TPSA) is 52.6 Å². The van der Waals surface area contributed by atoms with E-state index in [1.165, 1.54) is 6.42 Å². The minimum absolute atomic E-state index is 0.304. The number of rotatable bonds is 9. The van der Waals surface area contributed by atoms with E-state index in [1.54, 1.807) is 0 Å². The Morgan fingerprint density at radius 2 is 1.44 bits per heavy atom. The van der Waals surface area contributed by atoms with Crippen LogP contribution in [0.1, 0.15) is 72.1 Å². The number of hydrogen-bond acceptors (Lipinski definition) is 4. The minimum Gasteiger partial charge on any atom is -0.247 e. The lowest BCUT2D eigenvalue weighted by Crippen LogP contribution is -2.10. The Morgan fingerprint density at radius 3 is 1.94 bits per heavy atom. The molecule has 18 heavy (non-hydrogen) atoms. The van der Waals surface area contributed by atoms with Crippen LogP contribution in [0.4, 0.5) is 0 Å². The molecule has 0 aliphatic heterocycles. The fraction of sp³-hybridized carbons (Fsp3) is 0.857. The van der Waals surface area contributed by atoms with Crippen molar-refractivity contribution in [2.45, 2.75) is 72.1 Å². The molecule has 0 aliphatic carbocycles. The van der Waals surface area contributed by atoms with Gasteiger partial charge < -0.3 is 0 Å². The van der Waals surface area contributed by atoms with Crippen molar-refractivity contribution in [2.24, 2.45) is 5.92 Å². The van der Waals surface area contributed by atoms with E-state index in [0.717, 1.165) is 32.1 Å². The molecule has 0 heterocycles. The zero-order chi connectivity index (χ0) is 13.8. The highest BCUT2D eigenvalue weighted by atomic mass is 17.2. The van der Waals surface area contributed by atoms with Crippen LogP contribution >= 0.6 is 0 Å². The van der Waals surface area contributed by atoms with Gasteiger partial charge in [0.2, 0.25) is 0 Å². The quantitative estimate of drug-likeness (QED) is 0.359. The second-order valence-corrected chi connectivity index (χ2v) is 5.01. The molecule has 4 nitrogen and oxygen atoms in total. The highest BCUT2D eigenvalue weighted by Crippen LogP contribution is 2.10. The smallest absolute Gasteiger partial charge is 0.247 e. The summed E-state index contributed by atoms with van der Waals surface area (Å²) in [6.07, 6.45) is 6.40. The van der Waals surface area contributed by atoms with Crippen LogP contribution in [0.2, 0.25) is 0 Å². The molecule has 0 aliphatic rings. The van der Waals surface area contributed by atoms with Crippen molar-refractivity contribution < 1.29 is 19.4 Å². The Kier molecular flexibility index (Phi) is 10.4. The molecule has 0 rings (SSSR count). The van der Waals surface area contributed by atoms with Gasteiger partial charge in [0.1, 0.15) is 0 Å². The molecule has 0 radical (unpaired) electrons. The lowest BCUT2D eigenvalue weighted by Gasteiger charge is -2.04. The van der Waals surface area contributed by atoms with E-state index in [2.05, 4.69) is 23.6 Å². The van der Waals surface area contributed by atoms with Gasteiger partial charge in [-0.05, 0) is 18.8 Å². The maximum absolute atomic E-state index is 11.2. The number of carbonyl (C=O) groups is 2. The molecule has 0 fully saturated rings. The molecule has 0 aromatic carbocycles. The van der Waals surface area contributed by atoms with Crippen LogP contribution in [-0.2, 0) is 19.4 Å². The van der Waals surface area contributed by atoms with E-state index in [0.29, 0.717) is 18.8 Å². The van der Waals surface area contributed by atoms with Crippen molar-refractivity contribution in [1.29, 1.82) is 0 Å². The molecule has 0 bridgehead atoms. The van der Waals surface area contributed by atoms with E-state index in [4.69, 9.17) is 0 Å². The van der Waals surface area contributed by atoms with Crippen molar-refractivity contribution >= 4 is 11.9 Å². The molecule has 0 unspecified atom stereocenters. The van der Waals surface area contributed by atoms with Gasteiger partial charge in [-0.3, -0.25) is 0 Å². The van der Waals surface area contributed by atoms with Crippen LogP contribution in [0.25, 0.3) is 0 Å². The van der Waals surface area contributed by atoms with Gasteiger partial charge in [-0.15, -0.1) is 0 Å². The Morgan fingerprint density at radius 1 is 0.889 bits per heavy atom. The first kappa shape index (κ1) is 16.9. The first-order valence-electron chi connectivity index (χ1n) is 6.96. The first-order chi connectivity index (χ1) is 8.56. The van der Waals surface area contributed by atoms with Gasteiger partial charge >= 0.3 is 11.9 Å². The molecule has 0 amide bonds. The van der Waals surface area contributed by atoms with Gasteiger partial charge in [0, 0.05) is 0 Å². The van der Waals surface area contributed by atoms with Gasteiger partial charge in [0.05, 0.1) is 12.8 Å². The van der Waals surface area contributed by atoms with Crippen molar-refractivity contribution in [3.63, 3.8) is 0 Å². The molecule has 106 valence electrons. The summed E-state index contributed by atoms with van der Waals surface area (Å²) in [5.74, 6) is -0.217. The maximum atomic E-state index is 11.2. The van der Waals surface area contributed by atoms with E-state index >= 15 is 0 Å². The molecule has 0 N–H and O–H groups in total. The molecule has 0 aromatic heterocycles. The molecule has 4 heteroatoms. The monoisotopic (exact) mass is 258 g/mol. The molecule has 0 atom stereocenters. The fourth-order valence-corrected chi connectivity index (χ4v) is 1.50. The van der Waals surface area contributed by atoms with Crippen LogP contribution in [0, 0.1) is 5.92 Å². The number of carbonyl (C=O) groups excluding carboxylic acids is 2. The van der Waals surface area contributed by atoms with E-state index in [1.807, 2.05) is 6.92 Å². The molecule has 0 spiro atoms. The zero-order valence-electron chi connectivity index (χ0n) is 11.9. The maximum Gasteiger partial charge on any atom is 0.355 e. The summed E-state index contributed by atoms with van der Waals surface area (Å²) in [4.78, 5) is 31.1. The van der Waals surface area contributed by atoms with Crippen LogP contribution in [0.3, 0.4) is 0 Å². The Hall–Kier alpha value is -1.06. The summed E-state index contributed by atoms with van der Waals surface area (Å²) in [6, 6.07) is 0. The molecule has 0 saturated heterocycles. The van der Waals surface area contributed by atoms with Crippen LogP contribution in [0.15, 0.2) is 0 Å². The highest BCUT2D eigenvalue weighted by Gasteiger charge is 2.09. The molecule has 0 saturated carbocycles. The molecular formula is C14H26O4. The van der Waals surface area contributed by atoms with Gasteiger partial charge in [-0.2, -0.15) is 0 Å². The third-order valence-corrected chi connectivity index (χ3v) is 2.62. The third-order valence-electron chi connectivity index (χ3n) is 2.62. The second-order valence-electron chi connectivity index (χ2n) is 5.01. The van der Waals surface area contributed by atoms with Crippen molar-refractivity contribution in [3.8, 4) is 0 Å². The fourth-order valence-electron chi connectivity index (χ4n) is 1.50. The minimum atomic E-state index is -0.468. The average molecular weight is 258 g/mol. The number of unbranched alkanes of at least 4 members (excludes halogenated alkanes) is 3. The summed E-state index contributed by atoms with van der Waals surface area (Å²) in [5, 5.41) is 0. The lowest BCUT2D eigenvalue weighted by molar-refractivity contribution is -0.259. The Labute approximate surface area is 110 Å². The summed E-state index contributed by atoms with van der Waals surface area (Å²) < 4.78 is 0. The van der Waals surface area contributed by atoms with Crippen LogP contribution in [0.5, 0.6) is 0 Å². The summed E-state index contributed by atoms with van der Waals surface area (Å²) >= 11 is 0. The first-order valence-corrected chi connectivity index (χ1v) is 6.96. The van der Waals surface area contributed by atoms with Crippen LogP contribution in [-0.4, -0.2) is 11.9 Å². The largest absolute Gasteiger partial charge is 0.355 e. The van der Waals surface area contributed by atoms with E-state index in [-0.39, 0.29) is 0 Å². The third kappa shape index (κ3) is 11.4. The summed E-state index contributed by atoms with van der Waals surface area (Å²) in [5.41, 5.74) is 0. The van der Waals surface area contributed by atoms with E-state index in [9.17, 15) is 9.59 Å². The molecule has 0 aromatic rings. The van der Waals surface area contributed by atoms with Crippen molar-refractivity contribution in [1.82, 2.24) is 0 Å². The van der Waals surface area contributed by atoms with Gasteiger partial charge in [-0.25, -0.2) is 19.4 Å². The summed E-state index contributed by atoms with van der Waals surface area (Å²) in [6.45, 7) is 6.35. The van der Waals surface area contributed by atoms with E-state index < -0.39 is 11.9 Å². The van der Waals surface area contributed by atoms with Gasteiger partial charge in [0.15, 0.2) is 0 Å². The van der Waals surface area contributed by atoms with Crippen molar-refractivity contribution in [3.05, 3.63) is 0 Å². The van der Waals surface area contributed by atoms with Crippen LogP contribution < -0.4 is 0 Å².